The lowest BCUT2D eigenvalue weighted by atomic mass is 10.3. The summed E-state index contributed by atoms with van der Waals surface area (Å²) in [4.78, 5) is 22.8. The van der Waals surface area contributed by atoms with Crippen LogP contribution in [-0.4, -0.2) is 35.8 Å². The van der Waals surface area contributed by atoms with Crippen molar-refractivity contribution in [2.45, 2.75) is 0 Å². The lowest BCUT2D eigenvalue weighted by Crippen LogP contribution is -2.31. The fourth-order valence-electron chi connectivity index (χ4n) is 1.36. The van der Waals surface area contributed by atoms with Gasteiger partial charge in [-0.15, -0.1) is 0 Å². The molecule has 0 radical (unpaired) electrons. The number of nitro groups is 1. The second-order valence-corrected chi connectivity index (χ2v) is 3.42. The highest BCUT2D eigenvalue weighted by molar-refractivity contribution is 5.70. The first-order chi connectivity index (χ1) is 8.16. The molecule has 1 aromatic carbocycles. The zero-order chi connectivity index (χ0) is 12.3. The van der Waals surface area contributed by atoms with Crippen molar-refractivity contribution in [1.82, 2.24) is 4.90 Å². The predicted molar refractivity (Wildman–Crippen MR) is 56.6 cm³/mol. The number of carbonyl (C=O) groups excluding carboxylic acids is 1. The van der Waals surface area contributed by atoms with Gasteiger partial charge in [0.1, 0.15) is 12.5 Å². The van der Waals surface area contributed by atoms with Crippen molar-refractivity contribution in [1.29, 1.82) is 0 Å². The normalized spacial score (nSPS) is 14.7. The van der Waals surface area contributed by atoms with E-state index in [9.17, 15) is 14.9 Å². The fourth-order valence-corrected chi connectivity index (χ4v) is 1.36. The van der Waals surface area contributed by atoms with E-state index in [-0.39, 0.29) is 18.2 Å². The molecular weight excluding hydrogens is 228 g/mol. The molecule has 90 valence electrons. The van der Waals surface area contributed by atoms with E-state index in [1.807, 2.05) is 0 Å². The molecule has 0 aromatic heterocycles. The van der Waals surface area contributed by atoms with E-state index >= 15 is 0 Å². The standard InChI is InChI=1S/C10H10N2O5/c13-10(11-5-6-16-7-11)17-9-3-1-8(2-4-9)12(14)15/h1-4H,5-7H2. The van der Waals surface area contributed by atoms with E-state index in [1.54, 1.807) is 0 Å². The number of nitrogens with zero attached hydrogens (tertiary/aromatic N) is 2. The van der Waals surface area contributed by atoms with Crippen LogP contribution in [0.3, 0.4) is 0 Å². The molecule has 1 heterocycles. The molecule has 0 N–H and O–H groups in total. The van der Waals surface area contributed by atoms with Crippen molar-refractivity contribution < 1.29 is 19.2 Å². The highest BCUT2D eigenvalue weighted by atomic mass is 16.6. The van der Waals surface area contributed by atoms with Crippen LogP contribution < -0.4 is 4.74 Å². The average Bonchev–Trinajstić information content (AvgIpc) is 2.83. The van der Waals surface area contributed by atoms with Crippen molar-refractivity contribution >= 4 is 11.8 Å². The van der Waals surface area contributed by atoms with Gasteiger partial charge in [0.2, 0.25) is 0 Å². The molecule has 0 bridgehead atoms. The van der Waals surface area contributed by atoms with Crippen LogP contribution in [0.25, 0.3) is 0 Å². The third-order valence-corrected chi connectivity index (χ3v) is 2.26. The van der Waals surface area contributed by atoms with E-state index in [1.165, 1.54) is 29.2 Å². The van der Waals surface area contributed by atoms with E-state index in [0.717, 1.165) is 0 Å². The quantitative estimate of drug-likeness (QED) is 0.574. The van der Waals surface area contributed by atoms with Gasteiger partial charge in [0.05, 0.1) is 11.5 Å². The smallest absolute Gasteiger partial charge is 0.410 e. The molecule has 1 fully saturated rings. The summed E-state index contributed by atoms with van der Waals surface area (Å²) in [6, 6.07) is 5.33. The van der Waals surface area contributed by atoms with Crippen LogP contribution in [0.5, 0.6) is 5.75 Å². The summed E-state index contributed by atoms with van der Waals surface area (Å²) in [5.74, 6) is 0.271. The van der Waals surface area contributed by atoms with Crippen LogP contribution in [-0.2, 0) is 4.74 Å². The number of ether oxygens (including phenoxy) is 2. The van der Waals surface area contributed by atoms with Crippen LogP contribution in [0.2, 0.25) is 0 Å². The Labute approximate surface area is 96.7 Å². The molecule has 0 unspecified atom stereocenters. The molecule has 17 heavy (non-hydrogen) atoms. The molecule has 1 aliphatic heterocycles. The number of non-ortho nitro benzene ring substituents is 1. The molecule has 1 aromatic rings. The van der Waals surface area contributed by atoms with E-state index < -0.39 is 11.0 Å². The van der Waals surface area contributed by atoms with Crippen molar-refractivity contribution in [2.24, 2.45) is 0 Å². The van der Waals surface area contributed by atoms with Gasteiger partial charge in [0.15, 0.2) is 0 Å². The number of rotatable bonds is 2. The summed E-state index contributed by atoms with van der Waals surface area (Å²) in [5.41, 5.74) is -0.0469. The zero-order valence-corrected chi connectivity index (χ0v) is 8.87. The molecule has 7 nitrogen and oxygen atoms in total. The molecule has 1 aliphatic rings. The van der Waals surface area contributed by atoms with Gasteiger partial charge in [0, 0.05) is 18.7 Å². The Hall–Kier alpha value is -2.15. The molecule has 0 saturated carbocycles. The fraction of sp³-hybridized carbons (Fsp3) is 0.300. The third kappa shape index (κ3) is 2.70. The summed E-state index contributed by atoms with van der Waals surface area (Å²) in [6.07, 6.45) is -0.517. The molecule has 1 amide bonds. The molecular formula is C10H10N2O5. The first kappa shape index (κ1) is 11.3. The molecule has 1 saturated heterocycles. The van der Waals surface area contributed by atoms with Gasteiger partial charge in [-0.3, -0.25) is 15.0 Å². The molecule has 7 heteroatoms. The Bertz CT molecular complexity index is 425. The van der Waals surface area contributed by atoms with Gasteiger partial charge >= 0.3 is 6.09 Å². The number of carbonyl (C=O) groups is 1. The SMILES string of the molecule is O=C(Oc1ccc([N+](=O)[O-])cc1)N1CCOC1. The van der Waals surface area contributed by atoms with Crippen molar-refractivity contribution in [2.75, 3.05) is 19.9 Å². The second-order valence-electron chi connectivity index (χ2n) is 3.42. The Morgan fingerprint density at radius 3 is 2.65 bits per heavy atom. The third-order valence-electron chi connectivity index (χ3n) is 2.26. The van der Waals surface area contributed by atoms with Crippen LogP contribution in [0.15, 0.2) is 24.3 Å². The summed E-state index contributed by atoms with van der Waals surface area (Å²) >= 11 is 0. The van der Waals surface area contributed by atoms with E-state index in [2.05, 4.69) is 0 Å². The Balaban J connectivity index is 1.98. The maximum atomic E-state index is 11.5. The lowest BCUT2D eigenvalue weighted by molar-refractivity contribution is -0.384. The molecule has 0 aliphatic carbocycles. The van der Waals surface area contributed by atoms with Crippen LogP contribution in [0.4, 0.5) is 10.5 Å². The minimum Gasteiger partial charge on any atom is -0.410 e. The maximum Gasteiger partial charge on any atom is 0.417 e. The Morgan fingerprint density at radius 1 is 1.41 bits per heavy atom. The highest BCUT2D eigenvalue weighted by Crippen LogP contribution is 2.18. The lowest BCUT2D eigenvalue weighted by Gasteiger charge is -2.12. The first-order valence-corrected chi connectivity index (χ1v) is 4.96. The molecule has 2 rings (SSSR count). The number of benzene rings is 1. The van der Waals surface area contributed by atoms with Crippen molar-refractivity contribution in [3.63, 3.8) is 0 Å². The maximum absolute atomic E-state index is 11.5. The second kappa shape index (κ2) is 4.79. The van der Waals surface area contributed by atoms with Crippen molar-refractivity contribution in [3.8, 4) is 5.75 Å². The first-order valence-electron chi connectivity index (χ1n) is 4.96. The molecule has 0 atom stereocenters. The Kier molecular flexibility index (Phi) is 3.20. The van der Waals surface area contributed by atoms with E-state index in [0.29, 0.717) is 13.2 Å². The van der Waals surface area contributed by atoms with Gasteiger partial charge < -0.3 is 9.47 Å². The van der Waals surface area contributed by atoms with Gasteiger partial charge in [-0.25, -0.2) is 4.79 Å². The number of hydrogen-bond donors (Lipinski definition) is 0. The monoisotopic (exact) mass is 238 g/mol. The average molecular weight is 238 g/mol. The van der Waals surface area contributed by atoms with Gasteiger partial charge in [-0.05, 0) is 12.1 Å². The van der Waals surface area contributed by atoms with Crippen molar-refractivity contribution in [3.05, 3.63) is 34.4 Å². The largest absolute Gasteiger partial charge is 0.417 e. The predicted octanol–water partition coefficient (Wildman–Crippen LogP) is 1.38. The minimum absolute atomic E-state index is 0.0469. The van der Waals surface area contributed by atoms with Crippen LogP contribution in [0, 0.1) is 10.1 Å². The number of amides is 1. The summed E-state index contributed by atoms with van der Waals surface area (Å²) in [7, 11) is 0. The number of hydrogen-bond acceptors (Lipinski definition) is 5. The summed E-state index contributed by atoms with van der Waals surface area (Å²) in [6.45, 7) is 1.20. The summed E-state index contributed by atoms with van der Waals surface area (Å²) < 4.78 is 10.0. The Morgan fingerprint density at radius 2 is 2.12 bits per heavy atom. The van der Waals surface area contributed by atoms with Gasteiger partial charge in [-0.2, -0.15) is 0 Å². The van der Waals surface area contributed by atoms with Crippen LogP contribution >= 0.6 is 0 Å². The van der Waals surface area contributed by atoms with E-state index in [4.69, 9.17) is 9.47 Å². The van der Waals surface area contributed by atoms with Gasteiger partial charge in [-0.1, -0.05) is 0 Å². The van der Waals surface area contributed by atoms with Gasteiger partial charge in [0.25, 0.3) is 5.69 Å². The number of nitro benzene ring substituents is 1. The topological polar surface area (TPSA) is 81.9 Å². The minimum atomic E-state index is -0.517. The summed E-state index contributed by atoms with van der Waals surface area (Å²) in [5, 5.41) is 10.4. The van der Waals surface area contributed by atoms with Crippen LogP contribution in [0.1, 0.15) is 0 Å². The highest BCUT2D eigenvalue weighted by Gasteiger charge is 2.20. The zero-order valence-electron chi connectivity index (χ0n) is 8.87. The molecule has 0 spiro atoms.